The fourth-order valence-electron chi connectivity index (χ4n) is 4.35. The molecule has 0 aromatic carbocycles. The van der Waals surface area contributed by atoms with Gasteiger partial charge in [-0.25, -0.2) is 0 Å². The Kier molecular flexibility index (Phi) is 9.76. The van der Waals surface area contributed by atoms with Gasteiger partial charge in [0.1, 0.15) is 0 Å². The number of aliphatic hydroxyl groups excluding tert-OH is 2. The number of allylic oxidation sites excluding steroid dienone is 1. The highest BCUT2D eigenvalue weighted by Crippen LogP contribution is 2.47. The van der Waals surface area contributed by atoms with Crippen molar-refractivity contribution in [3.8, 4) is 0 Å². The van der Waals surface area contributed by atoms with Crippen LogP contribution >= 0.6 is 11.8 Å². The van der Waals surface area contributed by atoms with Crippen LogP contribution in [0.5, 0.6) is 0 Å². The summed E-state index contributed by atoms with van der Waals surface area (Å²) in [5, 5.41) is 20.6. The predicted octanol–water partition coefficient (Wildman–Crippen LogP) is 4.11. The number of hydrogen-bond donors (Lipinski definition) is 2. The number of rotatable bonds is 12. The van der Waals surface area contributed by atoms with E-state index < -0.39 is 0 Å². The van der Waals surface area contributed by atoms with Crippen molar-refractivity contribution in [2.45, 2.75) is 64.1 Å². The minimum atomic E-state index is -0.353. The zero-order valence-corrected chi connectivity index (χ0v) is 17.8. The second-order valence-corrected chi connectivity index (χ2v) is 9.50. The Hall–Kier alpha value is -0.290. The van der Waals surface area contributed by atoms with Crippen molar-refractivity contribution in [1.82, 2.24) is 4.90 Å². The molecule has 150 valence electrons. The Morgan fingerprint density at radius 1 is 1.31 bits per heavy atom. The van der Waals surface area contributed by atoms with E-state index in [1.165, 1.54) is 25.0 Å². The molecule has 0 unspecified atom stereocenters. The summed E-state index contributed by atoms with van der Waals surface area (Å²) in [7, 11) is 4.26. The Balaban J connectivity index is 1.74. The SMILES string of the molecule is CCCCC[C@H](O)C=C[C@@H]1[C@H]2CC(CSCCCN(C)C)=C[C@H]2C[C@H]1O. The van der Waals surface area contributed by atoms with Gasteiger partial charge in [-0.05, 0) is 63.9 Å². The molecule has 3 nitrogen and oxygen atoms in total. The summed E-state index contributed by atoms with van der Waals surface area (Å²) in [5.74, 6) is 3.66. The molecule has 2 rings (SSSR count). The summed E-state index contributed by atoms with van der Waals surface area (Å²) in [5.41, 5.74) is 1.57. The molecule has 1 saturated carbocycles. The van der Waals surface area contributed by atoms with Crippen molar-refractivity contribution in [1.29, 1.82) is 0 Å². The van der Waals surface area contributed by atoms with Crippen molar-refractivity contribution in [3.05, 3.63) is 23.8 Å². The molecule has 26 heavy (non-hydrogen) atoms. The van der Waals surface area contributed by atoms with E-state index in [4.69, 9.17) is 0 Å². The smallest absolute Gasteiger partial charge is 0.0721 e. The van der Waals surface area contributed by atoms with Crippen LogP contribution in [0.25, 0.3) is 0 Å². The van der Waals surface area contributed by atoms with E-state index in [9.17, 15) is 10.2 Å². The molecule has 1 fully saturated rings. The van der Waals surface area contributed by atoms with Crippen LogP contribution in [0.1, 0.15) is 51.9 Å². The summed E-state index contributed by atoms with van der Waals surface area (Å²) in [6.45, 7) is 3.35. The Labute approximate surface area is 164 Å². The van der Waals surface area contributed by atoms with Crippen LogP contribution in [-0.2, 0) is 0 Å². The Morgan fingerprint density at radius 3 is 2.85 bits per heavy atom. The van der Waals surface area contributed by atoms with Gasteiger partial charge in [0.15, 0.2) is 0 Å². The molecule has 0 spiro atoms. The quantitative estimate of drug-likeness (QED) is 0.394. The molecule has 2 aliphatic rings. The highest BCUT2D eigenvalue weighted by molar-refractivity contribution is 7.99. The van der Waals surface area contributed by atoms with Crippen LogP contribution in [0.3, 0.4) is 0 Å². The largest absolute Gasteiger partial charge is 0.392 e. The maximum atomic E-state index is 10.4. The molecule has 4 heteroatoms. The zero-order valence-electron chi connectivity index (χ0n) is 16.9. The number of fused-ring (bicyclic) bond motifs is 1. The predicted molar refractivity (Wildman–Crippen MR) is 114 cm³/mol. The van der Waals surface area contributed by atoms with E-state index >= 15 is 0 Å². The van der Waals surface area contributed by atoms with Gasteiger partial charge < -0.3 is 15.1 Å². The van der Waals surface area contributed by atoms with Crippen LogP contribution in [0.4, 0.5) is 0 Å². The van der Waals surface area contributed by atoms with Crippen LogP contribution in [-0.4, -0.2) is 59.5 Å². The number of aliphatic hydroxyl groups is 2. The lowest BCUT2D eigenvalue weighted by Crippen LogP contribution is -2.18. The van der Waals surface area contributed by atoms with Crippen molar-refractivity contribution >= 4 is 11.8 Å². The highest BCUT2D eigenvalue weighted by Gasteiger charge is 2.43. The van der Waals surface area contributed by atoms with Gasteiger partial charge in [0, 0.05) is 11.7 Å². The lowest BCUT2D eigenvalue weighted by atomic mass is 9.89. The molecule has 0 heterocycles. The maximum absolute atomic E-state index is 10.4. The van der Waals surface area contributed by atoms with Crippen molar-refractivity contribution < 1.29 is 10.2 Å². The fraction of sp³-hybridized carbons (Fsp3) is 0.818. The first-order valence-electron chi connectivity index (χ1n) is 10.5. The summed E-state index contributed by atoms with van der Waals surface area (Å²) >= 11 is 2.05. The van der Waals surface area contributed by atoms with Gasteiger partial charge in [0.25, 0.3) is 0 Å². The van der Waals surface area contributed by atoms with Gasteiger partial charge in [-0.3, -0.25) is 0 Å². The van der Waals surface area contributed by atoms with Crippen molar-refractivity contribution in [2.75, 3.05) is 32.1 Å². The van der Waals surface area contributed by atoms with Gasteiger partial charge in [-0.2, -0.15) is 11.8 Å². The van der Waals surface area contributed by atoms with E-state index in [1.54, 1.807) is 5.57 Å². The van der Waals surface area contributed by atoms with Crippen molar-refractivity contribution in [2.24, 2.45) is 17.8 Å². The summed E-state index contributed by atoms with van der Waals surface area (Å²) < 4.78 is 0. The molecule has 0 aromatic rings. The molecular formula is C22H39NO2S. The van der Waals surface area contributed by atoms with E-state index in [1.807, 2.05) is 17.8 Å². The minimum Gasteiger partial charge on any atom is -0.392 e. The zero-order chi connectivity index (χ0) is 18.9. The van der Waals surface area contributed by atoms with Gasteiger partial charge in [0.2, 0.25) is 0 Å². The lowest BCUT2D eigenvalue weighted by molar-refractivity contribution is 0.140. The highest BCUT2D eigenvalue weighted by atomic mass is 32.2. The number of thioether (sulfide) groups is 1. The molecule has 2 aliphatic carbocycles. The molecule has 5 atom stereocenters. The second kappa shape index (κ2) is 11.5. The standard InChI is InChI=1S/C22H39NO2S/c1-4-5-6-8-19(24)9-10-20-21-14-17(13-18(21)15-22(20)25)16-26-12-7-11-23(2)3/h9-10,13,18-22,24-25H,4-8,11-12,14-16H2,1-3H3/t18-,19-,20+,21-,22+/m0/s1. The molecule has 0 saturated heterocycles. The topological polar surface area (TPSA) is 43.7 Å². The van der Waals surface area contributed by atoms with Crippen LogP contribution in [0.15, 0.2) is 23.8 Å². The maximum Gasteiger partial charge on any atom is 0.0721 e. The van der Waals surface area contributed by atoms with Gasteiger partial charge in [0.05, 0.1) is 12.2 Å². The Bertz CT molecular complexity index is 463. The minimum absolute atomic E-state index is 0.216. The van der Waals surface area contributed by atoms with Gasteiger partial charge in [-0.15, -0.1) is 0 Å². The summed E-state index contributed by atoms with van der Waals surface area (Å²) in [6.07, 6.45) is 13.5. The van der Waals surface area contributed by atoms with E-state index in [0.29, 0.717) is 11.8 Å². The number of hydrogen-bond acceptors (Lipinski definition) is 4. The van der Waals surface area contributed by atoms with E-state index in [0.717, 1.165) is 38.0 Å². The molecule has 0 amide bonds. The van der Waals surface area contributed by atoms with E-state index in [2.05, 4.69) is 38.1 Å². The fourth-order valence-corrected chi connectivity index (χ4v) is 5.31. The summed E-state index contributed by atoms with van der Waals surface area (Å²) in [4.78, 5) is 2.24. The first-order chi connectivity index (χ1) is 12.5. The number of nitrogens with zero attached hydrogens (tertiary/aromatic N) is 1. The summed E-state index contributed by atoms with van der Waals surface area (Å²) in [6, 6.07) is 0. The third-order valence-corrected chi connectivity index (χ3v) is 6.94. The number of unbranched alkanes of at least 4 members (excludes halogenated alkanes) is 2. The monoisotopic (exact) mass is 381 g/mol. The molecule has 2 N–H and O–H groups in total. The van der Waals surface area contributed by atoms with Crippen LogP contribution < -0.4 is 0 Å². The first kappa shape index (κ1) is 22.0. The van der Waals surface area contributed by atoms with Gasteiger partial charge >= 0.3 is 0 Å². The van der Waals surface area contributed by atoms with Crippen LogP contribution in [0.2, 0.25) is 0 Å². The van der Waals surface area contributed by atoms with Crippen LogP contribution in [0, 0.1) is 17.8 Å². The average Bonchev–Trinajstić information content (AvgIpc) is 3.09. The third kappa shape index (κ3) is 7.03. The second-order valence-electron chi connectivity index (χ2n) is 8.39. The van der Waals surface area contributed by atoms with Crippen molar-refractivity contribution in [3.63, 3.8) is 0 Å². The Morgan fingerprint density at radius 2 is 2.12 bits per heavy atom. The third-order valence-electron chi connectivity index (χ3n) is 5.79. The average molecular weight is 382 g/mol. The molecule has 0 aromatic heterocycles. The molecule has 0 bridgehead atoms. The first-order valence-corrected chi connectivity index (χ1v) is 11.6. The lowest BCUT2D eigenvalue weighted by Gasteiger charge is -2.19. The molecule has 0 radical (unpaired) electrons. The van der Waals surface area contributed by atoms with E-state index in [-0.39, 0.29) is 18.1 Å². The molecule has 0 aliphatic heterocycles. The van der Waals surface area contributed by atoms with Gasteiger partial charge in [-0.1, -0.05) is 50.0 Å². The normalized spacial score (nSPS) is 29.5. The molecular weight excluding hydrogens is 342 g/mol.